The smallest absolute Gasteiger partial charge is 0.127 e. The van der Waals surface area contributed by atoms with Crippen LogP contribution in [0.2, 0.25) is 0 Å². The first kappa shape index (κ1) is 10.6. The van der Waals surface area contributed by atoms with Gasteiger partial charge in [0.15, 0.2) is 0 Å². The summed E-state index contributed by atoms with van der Waals surface area (Å²) >= 11 is 0. The Morgan fingerprint density at radius 3 is 3.00 bits per heavy atom. The van der Waals surface area contributed by atoms with E-state index in [9.17, 15) is 4.39 Å². The Kier molecular flexibility index (Phi) is 3.34. The first-order valence-electron chi connectivity index (χ1n) is 5.32. The summed E-state index contributed by atoms with van der Waals surface area (Å²) in [4.78, 5) is 2.25. The molecule has 1 aliphatic rings. The summed E-state index contributed by atoms with van der Waals surface area (Å²) in [7, 11) is 0. The Morgan fingerprint density at radius 2 is 2.27 bits per heavy atom. The summed E-state index contributed by atoms with van der Waals surface area (Å²) < 4.78 is 18.8. The van der Waals surface area contributed by atoms with Gasteiger partial charge in [-0.2, -0.15) is 0 Å². The second kappa shape index (κ2) is 4.73. The zero-order valence-electron chi connectivity index (χ0n) is 8.95. The summed E-state index contributed by atoms with van der Waals surface area (Å²) in [5.41, 5.74) is 0.770. The molecule has 0 amide bonds. The van der Waals surface area contributed by atoms with Crippen LogP contribution in [0.25, 0.3) is 0 Å². The molecule has 3 heteroatoms. The molecule has 2 rings (SSSR count). The molecule has 0 aliphatic carbocycles. The van der Waals surface area contributed by atoms with E-state index >= 15 is 0 Å². The quantitative estimate of drug-likeness (QED) is 0.739. The van der Waals surface area contributed by atoms with Crippen LogP contribution in [0.1, 0.15) is 12.5 Å². The predicted octanol–water partition coefficient (Wildman–Crippen LogP) is 2.05. The maximum Gasteiger partial charge on any atom is 0.127 e. The van der Waals surface area contributed by atoms with E-state index in [1.54, 1.807) is 6.07 Å². The molecule has 1 fully saturated rings. The highest BCUT2D eigenvalue weighted by atomic mass is 19.1. The SMILES string of the molecule is CC1COCCN1Cc1ccccc1F. The topological polar surface area (TPSA) is 12.5 Å². The van der Waals surface area contributed by atoms with Gasteiger partial charge in [0.1, 0.15) is 5.82 Å². The molecule has 0 bridgehead atoms. The van der Waals surface area contributed by atoms with Crippen LogP contribution in [0.3, 0.4) is 0 Å². The number of morpholine rings is 1. The monoisotopic (exact) mass is 209 g/mol. The second-order valence-corrected chi connectivity index (χ2v) is 3.99. The highest BCUT2D eigenvalue weighted by Gasteiger charge is 2.19. The molecule has 1 aromatic rings. The number of hydrogen-bond donors (Lipinski definition) is 0. The van der Waals surface area contributed by atoms with E-state index in [1.165, 1.54) is 6.07 Å². The van der Waals surface area contributed by atoms with Crippen molar-refractivity contribution in [3.8, 4) is 0 Å². The van der Waals surface area contributed by atoms with Crippen LogP contribution >= 0.6 is 0 Å². The van der Waals surface area contributed by atoms with Gasteiger partial charge in [0.25, 0.3) is 0 Å². The van der Waals surface area contributed by atoms with Gasteiger partial charge in [-0.3, -0.25) is 4.90 Å². The fraction of sp³-hybridized carbons (Fsp3) is 0.500. The second-order valence-electron chi connectivity index (χ2n) is 3.99. The number of halogens is 1. The molecule has 0 saturated carbocycles. The molecule has 1 heterocycles. The Bertz CT molecular complexity index is 329. The van der Waals surface area contributed by atoms with Crippen molar-refractivity contribution in [3.63, 3.8) is 0 Å². The molecule has 2 nitrogen and oxygen atoms in total. The minimum atomic E-state index is -0.115. The molecular weight excluding hydrogens is 193 g/mol. The van der Waals surface area contributed by atoms with Crippen molar-refractivity contribution in [1.82, 2.24) is 4.90 Å². The number of nitrogens with zero attached hydrogens (tertiary/aromatic N) is 1. The number of benzene rings is 1. The zero-order valence-corrected chi connectivity index (χ0v) is 8.95. The van der Waals surface area contributed by atoms with Crippen molar-refractivity contribution < 1.29 is 9.13 Å². The number of hydrogen-bond acceptors (Lipinski definition) is 2. The molecule has 1 atom stereocenters. The molecule has 82 valence electrons. The molecule has 0 spiro atoms. The largest absolute Gasteiger partial charge is 0.379 e. The van der Waals surface area contributed by atoms with Gasteiger partial charge in [-0.05, 0) is 13.0 Å². The molecule has 1 unspecified atom stereocenters. The van der Waals surface area contributed by atoms with E-state index in [4.69, 9.17) is 4.74 Å². The lowest BCUT2D eigenvalue weighted by molar-refractivity contribution is -0.00480. The Labute approximate surface area is 89.7 Å². The van der Waals surface area contributed by atoms with E-state index in [0.29, 0.717) is 12.6 Å². The third-order valence-electron chi connectivity index (χ3n) is 2.84. The van der Waals surface area contributed by atoms with Gasteiger partial charge in [-0.25, -0.2) is 4.39 Å². The molecule has 0 radical (unpaired) electrons. The van der Waals surface area contributed by atoms with E-state index < -0.39 is 0 Å². The predicted molar refractivity (Wildman–Crippen MR) is 57.1 cm³/mol. The van der Waals surface area contributed by atoms with Gasteiger partial charge >= 0.3 is 0 Å². The van der Waals surface area contributed by atoms with Gasteiger partial charge < -0.3 is 4.74 Å². The van der Waals surface area contributed by atoms with Crippen molar-refractivity contribution in [2.45, 2.75) is 19.5 Å². The maximum atomic E-state index is 13.4. The summed E-state index contributed by atoms with van der Waals surface area (Å²) in [6.07, 6.45) is 0. The van der Waals surface area contributed by atoms with Gasteiger partial charge in [0, 0.05) is 24.7 Å². The van der Waals surface area contributed by atoms with Gasteiger partial charge in [-0.15, -0.1) is 0 Å². The van der Waals surface area contributed by atoms with E-state index in [2.05, 4.69) is 11.8 Å². The van der Waals surface area contributed by atoms with Crippen LogP contribution in [-0.4, -0.2) is 30.7 Å². The summed E-state index contributed by atoms with van der Waals surface area (Å²) in [6, 6.07) is 7.33. The van der Waals surface area contributed by atoms with Crippen LogP contribution in [0.4, 0.5) is 4.39 Å². The Balaban J connectivity index is 2.04. The standard InChI is InChI=1S/C12H16FNO/c1-10-9-15-7-6-14(10)8-11-4-2-3-5-12(11)13/h2-5,10H,6-9H2,1H3. The summed E-state index contributed by atoms with van der Waals surface area (Å²) in [6.45, 7) is 5.17. The first-order chi connectivity index (χ1) is 7.27. The highest BCUT2D eigenvalue weighted by molar-refractivity contribution is 5.17. The average molecular weight is 209 g/mol. The molecule has 0 N–H and O–H groups in total. The number of rotatable bonds is 2. The Morgan fingerprint density at radius 1 is 1.47 bits per heavy atom. The lowest BCUT2D eigenvalue weighted by Gasteiger charge is -2.33. The minimum absolute atomic E-state index is 0.115. The van der Waals surface area contributed by atoms with Crippen molar-refractivity contribution in [1.29, 1.82) is 0 Å². The van der Waals surface area contributed by atoms with Crippen LogP contribution in [0.15, 0.2) is 24.3 Å². The van der Waals surface area contributed by atoms with Crippen molar-refractivity contribution in [2.24, 2.45) is 0 Å². The average Bonchev–Trinajstić information content (AvgIpc) is 2.24. The van der Waals surface area contributed by atoms with E-state index in [0.717, 1.165) is 25.3 Å². The van der Waals surface area contributed by atoms with E-state index in [-0.39, 0.29) is 5.82 Å². The Hall–Kier alpha value is -0.930. The minimum Gasteiger partial charge on any atom is -0.379 e. The lowest BCUT2D eigenvalue weighted by atomic mass is 10.1. The molecule has 1 aromatic carbocycles. The van der Waals surface area contributed by atoms with Crippen LogP contribution in [0, 0.1) is 5.82 Å². The van der Waals surface area contributed by atoms with E-state index in [1.807, 2.05) is 12.1 Å². The van der Waals surface area contributed by atoms with Crippen molar-refractivity contribution >= 4 is 0 Å². The summed E-state index contributed by atoms with van der Waals surface area (Å²) in [5.74, 6) is -0.115. The third kappa shape index (κ3) is 2.55. The van der Waals surface area contributed by atoms with Crippen LogP contribution in [0.5, 0.6) is 0 Å². The first-order valence-corrected chi connectivity index (χ1v) is 5.32. The fourth-order valence-corrected chi connectivity index (χ4v) is 1.84. The zero-order chi connectivity index (χ0) is 10.7. The summed E-state index contributed by atoms with van der Waals surface area (Å²) in [5, 5.41) is 0. The molecule has 15 heavy (non-hydrogen) atoms. The molecule has 0 aromatic heterocycles. The maximum absolute atomic E-state index is 13.4. The lowest BCUT2D eigenvalue weighted by Crippen LogP contribution is -2.43. The van der Waals surface area contributed by atoms with Gasteiger partial charge in [0.05, 0.1) is 13.2 Å². The molecule has 1 aliphatic heterocycles. The van der Waals surface area contributed by atoms with Gasteiger partial charge in [-0.1, -0.05) is 18.2 Å². The number of ether oxygens (including phenoxy) is 1. The molecular formula is C12H16FNO. The van der Waals surface area contributed by atoms with Crippen LogP contribution < -0.4 is 0 Å². The highest BCUT2D eigenvalue weighted by Crippen LogP contribution is 2.14. The van der Waals surface area contributed by atoms with Gasteiger partial charge in [0.2, 0.25) is 0 Å². The van der Waals surface area contributed by atoms with Crippen molar-refractivity contribution in [3.05, 3.63) is 35.6 Å². The van der Waals surface area contributed by atoms with Crippen molar-refractivity contribution in [2.75, 3.05) is 19.8 Å². The van der Waals surface area contributed by atoms with Crippen LogP contribution in [-0.2, 0) is 11.3 Å². The normalized spacial score (nSPS) is 22.9. The molecule has 1 saturated heterocycles. The fourth-order valence-electron chi connectivity index (χ4n) is 1.84. The third-order valence-corrected chi connectivity index (χ3v) is 2.84.